The molecule has 1 aliphatic carbocycles. The van der Waals surface area contributed by atoms with Crippen LogP contribution < -0.4 is 0 Å². The lowest BCUT2D eigenvalue weighted by Crippen LogP contribution is -2.28. The Labute approximate surface area is 108 Å². The molecule has 0 aliphatic heterocycles. The van der Waals surface area contributed by atoms with Crippen LogP contribution in [0.2, 0.25) is 5.02 Å². The third-order valence-electron chi connectivity index (χ3n) is 3.71. The van der Waals surface area contributed by atoms with Crippen molar-refractivity contribution in [3.05, 3.63) is 29.0 Å². The lowest BCUT2D eigenvalue weighted by atomic mass is 9.68. The Hall–Kier alpha value is -1.07. The fourth-order valence-corrected chi connectivity index (χ4v) is 3.06. The van der Waals surface area contributed by atoms with Crippen molar-refractivity contribution in [2.75, 3.05) is 0 Å². The van der Waals surface area contributed by atoms with E-state index in [9.17, 15) is 5.26 Å². The first-order valence-electron chi connectivity index (χ1n) is 6.15. The van der Waals surface area contributed by atoms with Crippen molar-refractivity contribution in [1.82, 2.24) is 4.98 Å². The summed E-state index contributed by atoms with van der Waals surface area (Å²) in [6.45, 7) is 2.24. The molecule has 2 atom stereocenters. The Kier molecular flexibility index (Phi) is 3.69. The van der Waals surface area contributed by atoms with E-state index in [-0.39, 0.29) is 5.41 Å². The summed E-state index contributed by atoms with van der Waals surface area (Å²) < 4.78 is 0. The topological polar surface area (TPSA) is 36.7 Å². The lowest BCUT2D eigenvalue weighted by Gasteiger charge is -2.34. The van der Waals surface area contributed by atoms with Gasteiger partial charge in [-0.2, -0.15) is 5.26 Å². The van der Waals surface area contributed by atoms with Gasteiger partial charge in [-0.25, -0.2) is 0 Å². The van der Waals surface area contributed by atoms with Crippen LogP contribution >= 0.6 is 11.6 Å². The number of nitrogens with zero attached hydrogens (tertiary/aromatic N) is 2. The Morgan fingerprint density at radius 1 is 1.65 bits per heavy atom. The average molecular weight is 249 g/mol. The lowest BCUT2D eigenvalue weighted by molar-refractivity contribution is 0.209. The molecule has 1 heterocycles. The van der Waals surface area contributed by atoms with Gasteiger partial charge in [0.05, 0.1) is 16.5 Å². The number of halogens is 1. The molecule has 0 N–H and O–H groups in total. The van der Waals surface area contributed by atoms with Gasteiger partial charge in [-0.1, -0.05) is 31.4 Å². The molecule has 2 unspecified atom stereocenters. The number of aromatic nitrogens is 1. The van der Waals surface area contributed by atoms with Gasteiger partial charge in [0.1, 0.15) is 0 Å². The third kappa shape index (κ3) is 2.79. The zero-order valence-corrected chi connectivity index (χ0v) is 10.9. The molecule has 2 nitrogen and oxygen atoms in total. The molecule has 0 bridgehead atoms. The Bertz CT molecular complexity index is 438. The van der Waals surface area contributed by atoms with Gasteiger partial charge >= 0.3 is 0 Å². The highest BCUT2D eigenvalue weighted by molar-refractivity contribution is 6.31. The quantitative estimate of drug-likeness (QED) is 0.793. The Morgan fingerprint density at radius 2 is 2.47 bits per heavy atom. The molecule has 0 amide bonds. The molecule has 3 heteroatoms. The molecule has 1 saturated carbocycles. The van der Waals surface area contributed by atoms with Crippen molar-refractivity contribution < 1.29 is 0 Å². The Balaban J connectivity index is 2.20. The van der Waals surface area contributed by atoms with Crippen molar-refractivity contribution in [1.29, 1.82) is 5.26 Å². The second-order valence-corrected chi connectivity index (χ2v) is 5.64. The summed E-state index contributed by atoms with van der Waals surface area (Å²) in [5, 5.41) is 10.2. The average Bonchev–Trinajstić information content (AvgIpc) is 2.32. The van der Waals surface area contributed by atoms with Crippen molar-refractivity contribution in [3.63, 3.8) is 0 Å². The summed E-state index contributed by atoms with van der Waals surface area (Å²) in [7, 11) is 0. The number of rotatable bonds is 2. The van der Waals surface area contributed by atoms with Crippen LogP contribution in [0.15, 0.2) is 18.5 Å². The second kappa shape index (κ2) is 5.06. The van der Waals surface area contributed by atoms with Gasteiger partial charge in [0.15, 0.2) is 0 Å². The maximum atomic E-state index is 9.50. The minimum atomic E-state index is -0.220. The van der Waals surface area contributed by atoms with Crippen LogP contribution in [0.4, 0.5) is 0 Å². The van der Waals surface area contributed by atoms with E-state index in [1.165, 1.54) is 6.42 Å². The molecule has 0 aromatic carbocycles. The summed E-state index contributed by atoms with van der Waals surface area (Å²) in [5.41, 5.74) is 0.833. The molecule has 1 fully saturated rings. The minimum absolute atomic E-state index is 0.220. The molecule has 2 rings (SSSR count). The first kappa shape index (κ1) is 12.4. The largest absolute Gasteiger partial charge is 0.263 e. The van der Waals surface area contributed by atoms with E-state index in [1.807, 2.05) is 6.07 Å². The molecule has 1 aliphatic rings. The van der Waals surface area contributed by atoms with Crippen molar-refractivity contribution in [3.8, 4) is 6.07 Å². The van der Waals surface area contributed by atoms with Crippen LogP contribution in [-0.2, 0) is 6.42 Å². The predicted molar refractivity (Wildman–Crippen MR) is 68.6 cm³/mol. The van der Waals surface area contributed by atoms with Crippen molar-refractivity contribution in [2.45, 2.75) is 39.0 Å². The zero-order chi connectivity index (χ0) is 12.3. The maximum absolute atomic E-state index is 9.50. The van der Waals surface area contributed by atoms with Gasteiger partial charge in [0.25, 0.3) is 0 Å². The van der Waals surface area contributed by atoms with Gasteiger partial charge < -0.3 is 0 Å². The monoisotopic (exact) mass is 248 g/mol. The molecule has 1 aromatic heterocycles. The highest BCUT2D eigenvalue weighted by Gasteiger charge is 2.35. The summed E-state index contributed by atoms with van der Waals surface area (Å²) in [6, 6.07) is 4.48. The maximum Gasteiger partial charge on any atom is 0.0693 e. The molecular formula is C14H17ClN2. The summed E-state index contributed by atoms with van der Waals surface area (Å²) in [5.74, 6) is 0.643. The first-order valence-corrected chi connectivity index (χ1v) is 6.53. The fraction of sp³-hybridized carbons (Fsp3) is 0.571. The molecule has 17 heavy (non-hydrogen) atoms. The van der Waals surface area contributed by atoms with Crippen LogP contribution in [0.5, 0.6) is 0 Å². The van der Waals surface area contributed by atoms with E-state index >= 15 is 0 Å². The summed E-state index contributed by atoms with van der Waals surface area (Å²) in [6.07, 6.45) is 8.54. The standard InChI is InChI=1S/C14H17ClN2/c1-11-3-2-5-14(7-11,10-16)8-12-4-6-17-9-13(12)15/h4,6,9,11H,2-3,5,7-8H2,1H3. The Morgan fingerprint density at radius 3 is 3.12 bits per heavy atom. The highest BCUT2D eigenvalue weighted by atomic mass is 35.5. The van der Waals surface area contributed by atoms with Crippen molar-refractivity contribution >= 4 is 11.6 Å². The number of hydrogen-bond donors (Lipinski definition) is 0. The number of pyridine rings is 1. The van der Waals surface area contributed by atoms with Gasteiger partial charge in [-0.15, -0.1) is 0 Å². The predicted octanol–water partition coefficient (Wildman–Crippen LogP) is 4.00. The van der Waals surface area contributed by atoms with E-state index in [0.29, 0.717) is 10.9 Å². The van der Waals surface area contributed by atoms with Crippen LogP contribution in [0.25, 0.3) is 0 Å². The van der Waals surface area contributed by atoms with Gasteiger partial charge in [0.2, 0.25) is 0 Å². The van der Waals surface area contributed by atoms with Crippen LogP contribution in [0.1, 0.15) is 38.2 Å². The van der Waals surface area contributed by atoms with Gasteiger partial charge in [-0.05, 0) is 36.8 Å². The van der Waals surface area contributed by atoms with Gasteiger partial charge in [-0.3, -0.25) is 4.98 Å². The summed E-state index contributed by atoms with van der Waals surface area (Å²) >= 11 is 6.13. The van der Waals surface area contributed by atoms with Gasteiger partial charge in [0, 0.05) is 12.4 Å². The first-order chi connectivity index (χ1) is 8.15. The van der Waals surface area contributed by atoms with Crippen molar-refractivity contribution in [2.24, 2.45) is 11.3 Å². The van der Waals surface area contributed by atoms with E-state index in [4.69, 9.17) is 11.6 Å². The fourth-order valence-electron chi connectivity index (χ4n) is 2.87. The van der Waals surface area contributed by atoms with Crippen LogP contribution in [-0.4, -0.2) is 4.98 Å². The molecule has 90 valence electrons. The molecule has 0 saturated heterocycles. The van der Waals surface area contributed by atoms with Crippen LogP contribution in [0, 0.1) is 22.7 Å². The minimum Gasteiger partial charge on any atom is -0.263 e. The van der Waals surface area contributed by atoms with E-state index < -0.39 is 0 Å². The van der Waals surface area contributed by atoms with E-state index in [0.717, 1.165) is 31.2 Å². The molecular weight excluding hydrogens is 232 g/mol. The second-order valence-electron chi connectivity index (χ2n) is 5.24. The van der Waals surface area contributed by atoms with E-state index in [2.05, 4.69) is 18.0 Å². The number of hydrogen-bond acceptors (Lipinski definition) is 2. The molecule has 1 aromatic rings. The third-order valence-corrected chi connectivity index (χ3v) is 4.05. The van der Waals surface area contributed by atoms with Crippen LogP contribution in [0.3, 0.4) is 0 Å². The smallest absolute Gasteiger partial charge is 0.0693 e. The molecule has 0 spiro atoms. The highest BCUT2D eigenvalue weighted by Crippen LogP contribution is 2.42. The number of nitriles is 1. The SMILES string of the molecule is CC1CCCC(C#N)(Cc2ccncc2Cl)C1. The zero-order valence-electron chi connectivity index (χ0n) is 10.1. The van der Waals surface area contributed by atoms with E-state index in [1.54, 1.807) is 12.4 Å². The molecule has 0 radical (unpaired) electrons. The normalized spacial score (nSPS) is 28.6. The summed E-state index contributed by atoms with van der Waals surface area (Å²) in [4.78, 5) is 3.99.